The number of nitrogens with one attached hydrogen (secondary N) is 1. The Morgan fingerprint density at radius 2 is 1.82 bits per heavy atom. The van der Waals surface area contributed by atoms with Crippen LogP contribution in [0.1, 0.15) is 57.1 Å². The summed E-state index contributed by atoms with van der Waals surface area (Å²) < 4.78 is 1.16. The molecule has 0 aliphatic heterocycles. The van der Waals surface area contributed by atoms with Crippen molar-refractivity contribution in [2.75, 3.05) is 0 Å². The molecule has 1 aliphatic rings. The SMILES string of the molecule is CCC(NC1CCCCC1)c1ccc(Br)cc1. The minimum absolute atomic E-state index is 0.520. The molecule has 17 heavy (non-hydrogen) atoms. The van der Waals surface area contributed by atoms with Gasteiger partial charge in [-0.2, -0.15) is 0 Å². The summed E-state index contributed by atoms with van der Waals surface area (Å²) in [6.45, 7) is 2.27. The Balaban J connectivity index is 1.97. The molecule has 1 fully saturated rings. The molecule has 0 bridgehead atoms. The van der Waals surface area contributed by atoms with Gasteiger partial charge in [0.05, 0.1) is 0 Å². The number of halogens is 1. The highest BCUT2D eigenvalue weighted by Crippen LogP contribution is 2.24. The predicted molar refractivity (Wildman–Crippen MR) is 77.2 cm³/mol. The van der Waals surface area contributed by atoms with E-state index in [4.69, 9.17) is 0 Å². The lowest BCUT2D eigenvalue weighted by Gasteiger charge is -2.28. The molecule has 94 valence electrons. The van der Waals surface area contributed by atoms with Gasteiger partial charge in [0.1, 0.15) is 0 Å². The summed E-state index contributed by atoms with van der Waals surface area (Å²) in [5.74, 6) is 0. The van der Waals surface area contributed by atoms with Gasteiger partial charge < -0.3 is 5.32 Å². The Morgan fingerprint density at radius 3 is 2.41 bits per heavy atom. The standard InChI is InChI=1S/C15H22BrN/c1-2-15(12-8-10-13(16)11-9-12)17-14-6-4-3-5-7-14/h8-11,14-15,17H,2-7H2,1H3. The van der Waals surface area contributed by atoms with E-state index in [-0.39, 0.29) is 0 Å². The summed E-state index contributed by atoms with van der Waals surface area (Å²) in [6, 6.07) is 9.99. The smallest absolute Gasteiger partial charge is 0.0320 e. The maximum Gasteiger partial charge on any atom is 0.0320 e. The maximum atomic E-state index is 3.83. The van der Waals surface area contributed by atoms with Crippen LogP contribution in [-0.4, -0.2) is 6.04 Å². The third-order valence-electron chi connectivity index (χ3n) is 3.72. The van der Waals surface area contributed by atoms with E-state index < -0.39 is 0 Å². The zero-order valence-electron chi connectivity index (χ0n) is 10.6. The fourth-order valence-electron chi connectivity index (χ4n) is 2.70. The fourth-order valence-corrected chi connectivity index (χ4v) is 2.96. The number of hydrogen-bond donors (Lipinski definition) is 1. The van der Waals surface area contributed by atoms with Gasteiger partial charge in [-0.3, -0.25) is 0 Å². The molecule has 2 rings (SSSR count). The Labute approximate surface area is 113 Å². The van der Waals surface area contributed by atoms with Gasteiger partial charge in [0.25, 0.3) is 0 Å². The van der Waals surface area contributed by atoms with Gasteiger partial charge in [0, 0.05) is 16.6 Å². The molecule has 1 saturated carbocycles. The summed E-state index contributed by atoms with van der Waals surface area (Å²) in [7, 11) is 0. The first-order chi connectivity index (χ1) is 8.29. The third kappa shape index (κ3) is 3.82. The fraction of sp³-hybridized carbons (Fsp3) is 0.600. The van der Waals surface area contributed by atoms with E-state index in [1.807, 2.05) is 0 Å². The quantitative estimate of drug-likeness (QED) is 0.839. The monoisotopic (exact) mass is 295 g/mol. The molecule has 0 aromatic heterocycles. The van der Waals surface area contributed by atoms with Crippen molar-refractivity contribution in [3.8, 4) is 0 Å². The lowest BCUT2D eigenvalue weighted by atomic mass is 9.93. The second kappa shape index (κ2) is 6.55. The van der Waals surface area contributed by atoms with Gasteiger partial charge in [0.2, 0.25) is 0 Å². The van der Waals surface area contributed by atoms with Crippen molar-refractivity contribution >= 4 is 15.9 Å². The van der Waals surface area contributed by atoms with Gasteiger partial charge >= 0.3 is 0 Å². The van der Waals surface area contributed by atoms with Crippen LogP contribution in [0.15, 0.2) is 28.7 Å². The van der Waals surface area contributed by atoms with Gasteiger partial charge in [-0.15, -0.1) is 0 Å². The molecule has 1 nitrogen and oxygen atoms in total. The molecule has 2 heteroatoms. The molecule has 0 amide bonds. The molecule has 0 heterocycles. The first-order valence-electron chi connectivity index (χ1n) is 6.81. The van der Waals surface area contributed by atoms with Crippen LogP contribution < -0.4 is 5.32 Å². The molecular formula is C15H22BrN. The van der Waals surface area contributed by atoms with Crippen molar-refractivity contribution in [1.82, 2.24) is 5.32 Å². The highest BCUT2D eigenvalue weighted by atomic mass is 79.9. The van der Waals surface area contributed by atoms with Crippen LogP contribution in [0.25, 0.3) is 0 Å². The molecular weight excluding hydrogens is 274 g/mol. The van der Waals surface area contributed by atoms with Crippen LogP contribution in [0, 0.1) is 0 Å². The normalized spacial score (nSPS) is 19.2. The molecule has 0 radical (unpaired) electrons. The molecule has 0 spiro atoms. The van der Waals surface area contributed by atoms with Crippen LogP contribution in [-0.2, 0) is 0 Å². The summed E-state index contributed by atoms with van der Waals surface area (Å²) >= 11 is 3.49. The Bertz CT molecular complexity index is 327. The van der Waals surface area contributed by atoms with Crippen LogP contribution in [0.5, 0.6) is 0 Å². The van der Waals surface area contributed by atoms with Crippen molar-refractivity contribution in [1.29, 1.82) is 0 Å². The van der Waals surface area contributed by atoms with E-state index in [9.17, 15) is 0 Å². The van der Waals surface area contributed by atoms with Crippen LogP contribution in [0.3, 0.4) is 0 Å². The van der Waals surface area contributed by atoms with Crippen LogP contribution in [0.2, 0.25) is 0 Å². The van der Waals surface area contributed by atoms with Crippen molar-refractivity contribution in [2.24, 2.45) is 0 Å². The summed E-state index contributed by atoms with van der Waals surface area (Å²) in [4.78, 5) is 0. The third-order valence-corrected chi connectivity index (χ3v) is 4.25. The lowest BCUT2D eigenvalue weighted by Crippen LogP contribution is -2.34. The van der Waals surface area contributed by atoms with E-state index in [2.05, 4.69) is 52.4 Å². The molecule has 1 N–H and O–H groups in total. The van der Waals surface area contributed by atoms with E-state index in [1.54, 1.807) is 0 Å². The van der Waals surface area contributed by atoms with Crippen molar-refractivity contribution < 1.29 is 0 Å². The summed E-state index contributed by atoms with van der Waals surface area (Å²) in [5, 5.41) is 3.83. The largest absolute Gasteiger partial charge is 0.307 e. The minimum Gasteiger partial charge on any atom is -0.307 e. The first kappa shape index (κ1) is 13.1. The molecule has 1 aliphatic carbocycles. The predicted octanol–water partition coefficient (Wildman–Crippen LogP) is 4.82. The van der Waals surface area contributed by atoms with Gasteiger partial charge in [-0.1, -0.05) is 54.2 Å². The summed E-state index contributed by atoms with van der Waals surface area (Å²) in [6.07, 6.45) is 8.09. The van der Waals surface area contributed by atoms with Gasteiger partial charge in [-0.25, -0.2) is 0 Å². The van der Waals surface area contributed by atoms with E-state index in [0.29, 0.717) is 6.04 Å². The molecule has 1 unspecified atom stereocenters. The average molecular weight is 296 g/mol. The number of benzene rings is 1. The second-order valence-electron chi connectivity index (χ2n) is 5.01. The topological polar surface area (TPSA) is 12.0 Å². The highest BCUT2D eigenvalue weighted by Gasteiger charge is 2.17. The molecule has 1 aromatic carbocycles. The van der Waals surface area contributed by atoms with E-state index in [1.165, 1.54) is 37.7 Å². The van der Waals surface area contributed by atoms with Crippen molar-refractivity contribution in [3.05, 3.63) is 34.3 Å². The van der Waals surface area contributed by atoms with Gasteiger partial charge in [-0.05, 0) is 37.0 Å². The van der Waals surface area contributed by atoms with Crippen molar-refractivity contribution in [3.63, 3.8) is 0 Å². The Kier molecular flexibility index (Phi) is 5.05. The number of hydrogen-bond acceptors (Lipinski definition) is 1. The maximum absolute atomic E-state index is 3.83. The molecule has 0 saturated heterocycles. The Morgan fingerprint density at radius 1 is 1.18 bits per heavy atom. The number of rotatable bonds is 4. The van der Waals surface area contributed by atoms with E-state index >= 15 is 0 Å². The average Bonchev–Trinajstić information content (AvgIpc) is 2.38. The van der Waals surface area contributed by atoms with Crippen LogP contribution in [0.4, 0.5) is 0 Å². The van der Waals surface area contributed by atoms with Crippen molar-refractivity contribution in [2.45, 2.75) is 57.5 Å². The van der Waals surface area contributed by atoms with Crippen LogP contribution >= 0.6 is 15.9 Å². The minimum atomic E-state index is 0.520. The second-order valence-corrected chi connectivity index (χ2v) is 5.93. The zero-order chi connectivity index (χ0) is 12.1. The molecule has 1 aromatic rings. The zero-order valence-corrected chi connectivity index (χ0v) is 12.2. The van der Waals surface area contributed by atoms with E-state index in [0.717, 1.165) is 16.9 Å². The highest BCUT2D eigenvalue weighted by molar-refractivity contribution is 9.10. The van der Waals surface area contributed by atoms with Gasteiger partial charge in [0.15, 0.2) is 0 Å². The lowest BCUT2D eigenvalue weighted by molar-refractivity contribution is 0.334. The Hall–Kier alpha value is -0.340. The first-order valence-corrected chi connectivity index (χ1v) is 7.60. The summed E-state index contributed by atoms with van der Waals surface area (Å²) in [5.41, 5.74) is 1.42. The molecule has 1 atom stereocenters.